The Morgan fingerprint density at radius 2 is 2.11 bits per heavy atom. The summed E-state index contributed by atoms with van der Waals surface area (Å²) in [7, 11) is 0. The van der Waals surface area contributed by atoms with Crippen LogP contribution in [0.15, 0.2) is 0 Å². The Balaban J connectivity index is 2.05. The third kappa shape index (κ3) is 2.49. The summed E-state index contributed by atoms with van der Waals surface area (Å²) in [5.74, 6) is 0.234. The van der Waals surface area contributed by atoms with Crippen molar-refractivity contribution < 1.29 is 14.7 Å². The maximum absolute atomic E-state index is 12.0. The topological polar surface area (TPSA) is 72.9 Å². The van der Waals surface area contributed by atoms with E-state index in [1.54, 1.807) is 4.90 Å². The molecule has 0 aliphatic carbocycles. The van der Waals surface area contributed by atoms with Gasteiger partial charge in [-0.3, -0.25) is 14.5 Å². The lowest BCUT2D eigenvalue weighted by Gasteiger charge is -2.45. The zero-order valence-corrected chi connectivity index (χ0v) is 10.9. The van der Waals surface area contributed by atoms with Crippen molar-refractivity contribution in [3.63, 3.8) is 0 Å². The first-order valence-electron chi connectivity index (χ1n) is 6.47. The Morgan fingerprint density at radius 1 is 1.39 bits per heavy atom. The molecule has 0 bridgehead atoms. The van der Waals surface area contributed by atoms with Gasteiger partial charge in [0.05, 0.1) is 6.61 Å². The Bertz CT molecular complexity index is 345. The fraction of sp³-hybridized carbons (Fsp3) is 0.833. The van der Waals surface area contributed by atoms with Crippen molar-refractivity contribution in [2.45, 2.75) is 25.9 Å². The first kappa shape index (κ1) is 13.3. The van der Waals surface area contributed by atoms with Crippen molar-refractivity contribution in [3.8, 4) is 0 Å². The molecule has 2 N–H and O–H groups in total. The van der Waals surface area contributed by atoms with Gasteiger partial charge in [-0.25, -0.2) is 0 Å². The number of piperazine rings is 2. The fourth-order valence-electron chi connectivity index (χ4n) is 2.66. The Labute approximate surface area is 107 Å². The molecule has 2 saturated heterocycles. The molecule has 6 heteroatoms. The highest BCUT2D eigenvalue weighted by Crippen LogP contribution is 2.16. The molecule has 6 nitrogen and oxygen atoms in total. The normalized spacial score (nSPS) is 29.4. The lowest BCUT2D eigenvalue weighted by Crippen LogP contribution is -2.70. The summed E-state index contributed by atoms with van der Waals surface area (Å²) >= 11 is 0. The predicted octanol–water partition coefficient (Wildman–Crippen LogP) is -1.35. The smallest absolute Gasteiger partial charge is 0.248 e. The molecule has 0 saturated carbocycles. The SMILES string of the molecule is CC(C)CN1CCN2C(=O)[C@H](CO)NC(=O)[C@H]2C1. The van der Waals surface area contributed by atoms with Gasteiger partial charge in [0.15, 0.2) is 0 Å². The highest BCUT2D eigenvalue weighted by atomic mass is 16.3. The number of carbonyl (C=O) groups excluding carboxylic acids is 2. The average Bonchev–Trinajstić information content (AvgIpc) is 2.33. The van der Waals surface area contributed by atoms with Crippen LogP contribution in [0.25, 0.3) is 0 Å². The molecular formula is C12H21N3O3. The molecule has 2 atom stereocenters. The van der Waals surface area contributed by atoms with Crippen LogP contribution in [0.1, 0.15) is 13.8 Å². The van der Waals surface area contributed by atoms with Crippen molar-refractivity contribution in [2.75, 3.05) is 32.8 Å². The minimum Gasteiger partial charge on any atom is -0.394 e. The molecule has 2 heterocycles. The number of rotatable bonds is 3. The zero-order chi connectivity index (χ0) is 13.3. The highest BCUT2D eigenvalue weighted by Gasteiger charge is 2.42. The predicted molar refractivity (Wildman–Crippen MR) is 65.8 cm³/mol. The van der Waals surface area contributed by atoms with E-state index in [1.165, 1.54) is 0 Å². The third-order valence-corrected chi connectivity index (χ3v) is 3.47. The molecule has 0 aromatic carbocycles. The number of amides is 2. The standard InChI is InChI=1S/C12H21N3O3/c1-8(2)5-14-3-4-15-10(6-14)11(17)13-9(7-16)12(15)18/h8-10,16H,3-7H2,1-2H3,(H,13,17)/t9-,10+/m0/s1. The van der Waals surface area contributed by atoms with E-state index in [1.807, 2.05) is 0 Å². The van der Waals surface area contributed by atoms with Gasteiger partial charge in [0, 0.05) is 26.2 Å². The van der Waals surface area contributed by atoms with Crippen molar-refractivity contribution in [1.29, 1.82) is 0 Å². The van der Waals surface area contributed by atoms with Crippen molar-refractivity contribution in [2.24, 2.45) is 5.92 Å². The molecule has 0 spiro atoms. The number of fused-ring (bicyclic) bond motifs is 1. The summed E-state index contributed by atoms with van der Waals surface area (Å²) in [5.41, 5.74) is 0. The number of aliphatic hydroxyl groups is 1. The summed E-state index contributed by atoms with van der Waals surface area (Å²) in [5, 5.41) is 11.6. The summed E-state index contributed by atoms with van der Waals surface area (Å²) in [6.45, 7) is 6.85. The third-order valence-electron chi connectivity index (χ3n) is 3.47. The maximum Gasteiger partial charge on any atom is 0.248 e. The minimum atomic E-state index is -0.759. The molecule has 0 aromatic heterocycles. The van der Waals surface area contributed by atoms with Gasteiger partial charge in [-0.2, -0.15) is 0 Å². The van der Waals surface area contributed by atoms with Gasteiger partial charge in [-0.1, -0.05) is 13.8 Å². The van der Waals surface area contributed by atoms with Crippen LogP contribution in [0.2, 0.25) is 0 Å². The van der Waals surface area contributed by atoms with Gasteiger partial charge in [-0.15, -0.1) is 0 Å². The van der Waals surface area contributed by atoms with E-state index in [-0.39, 0.29) is 18.4 Å². The number of nitrogens with zero attached hydrogens (tertiary/aromatic N) is 2. The molecule has 0 aromatic rings. The molecule has 2 aliphatic heterocycles. The van der Waals surface area contributed by atoms with Gasteiger partial charge in [0.2, 0.25) is 11.8 Å². The number of nitrogens with one attached hydrogen (secondary N) is 1. The molecule has 2 amide bonds. The van der Waals surface area contributed by atoms with Crippen molar-refractivity contribution in [3.05, 3.63) is 0 Å². The summed E-state index contributed by atoms with van der Waals surface area (Å²) in [6.07, 6.45) is 0. The molecule has 2 fully saturated rings. The molecule has 0 radical (unpaired) electrons. The van der Waals surface area contributed by atoms with Crippen LogP contribution in [0.5, 0.6) is 0 Å². The number of aliphatic hydroxyl groups excluding tert-OH is 1. The number of carbonyl (C=O) groups is 2. The van der Waals surface area contributed by atoms with Gasteiger partial charge < -0.3 is 15.3 Å². The van der Waals surface area contributed by atoms with E-state index >= 15 is 0 Å². The summed E-state index contributed by atoms with van der Waals surface area (Å²) in [6, 6.07) is -1.15. The molecule has 102 valence electrons. The van der Waals surface area contributed by atoms with E-state index in [4.69, 9.17) is 5.11 Å². The van der Waals surface area contributed by atoms with Crippen molar-refractivity contribution >= 4 is 11.8 Å². The van der Waals surface area contributed by atoms with Gasteiger partial charge >= 0.3 is 0 Å². The second kappa shape index (κ2) is 5.24. The lowest BCUT2D eigenvalue weighted by atomic mass is 10.0. The van der Waals surface area contributed by atoms with Gasteiger partial charge in [-0.05, 0) is 5.92 Å². The monoisotopic (exact) mass is 255 g/mol. The largest absolute Gasteiger partial charge is 0.394 e. The Kier molecular flexibility index (Phi) is 3.87. The molecule has 18 heavy (non-hydrogen) atoms. The fourth-order valence-corrected chi connectivity index (χ4v) is 2.66. The van der Waals surface area contributed by atoms with Crippen LogP contribution in [0.3, 0.4) is 0 Å². The van der Waals surface area contributed by atoms with E-state index < -0.39 is 12.1 Å². The van der Waals surface area contributed by atoms with E-state index in [0.717, 1.165) is 13.1 Å². The van der Waals surface area contributed by atoms with Crippen LogP contribution in [0.4, 0.5) is 0 Å². The van der Waals surface area contributed by atoms with E-state index in [2.05, 4.69) is 24.1 Å². The summed E-state index contributed by atoms with van der Waals surface area (Å²) < 4.78 is 0. The maximum atomic E-state index is 12.0. The van der Waals surface area contributed by atoms with Gasteiger partial charge in [0.1, 0.15) is 12.1 Å². The second-order valence-corrected chi connectivity index (χ2v) is 5.44. The van der Waals surface area contributed by atoms with Crippen LogP contribution < -0.4 is 5.32 Å². The molecule has 2 rings (SSSR count). The van der Waals surface area contributed by atoms with E-state index in [0.29, 0.717) is 19.0 Å². The molecule has 0 unspecified atom stereocenters. The van der Waals surface area contributed by atoms with E-state index in [9.17, 15) is 9.59 Å². The molecular weight excluding hydrogens is 234 g/mol. The van der Waals surface area contributed by atoms with Crippen molar-refractivity contribution in [1.82, 2.24) is 15.1 Å². The van der Waals surface area contributed by atoms with Crippen LogP contribution in [-0.2, 0) is 9.59 Å². The average molecular weight is 255 g/mol. The first-order chi connectivity index (χ1) is 8.52. The Morgan fingerprint density at radius 3 is 2.72 bits per heavy atom. The first-order valence-corrected chi connectivity index (χ1v) is 6.47. The second-order valence-electron chi connectivity index (χ2n) is 5.44. The highest BCUT2D eigenvalue weighted by molar-refractivity contribution is 5.97. The Hall–Kier alpha value is -1.14. The number of hydrogen-bond donors (Lipinski definition) is 2. The summed E-state index contributed by atoms with van der Waals surface area (Å²) in [4.78, 5) is 27.8. The molecule has 2 aliphatic rings. The van der Waals surface area contributed by atoms with Crippen LogP contribution >= 0.6 is 0 Å². The van der Waals surface area contributed by atoms with Crippen LogP contribution in [-0.4, -0.2) is 71.6 Å². The zero-order valence-electron chi connectivity index (χ0n) is 10.9. The minimum absolute atomic E-state index is 0.151. The quantitative estimate of drug-likeness (QED) is 0.654. The van der Waals surface area contributed by atoms with Gasteiger partial charge in [0.25, 0.3) is 0 Å². The van der Waals surface area contributed by atoms with Crippen LogP contribution in [0, 0.1) is 5.92 Å². The lowest BCUT2D eigenvalue weighted by molar-refractivity contribution is -0.154. The number of hydrogen-bond acceptors (Lipinski definition) is 4.